The second-order valence-electron chi connectivity index (χ2n) is 7.19. The second-order valence-corrected chi connectivity index (χ2v) is 7.19. The molecule has 2 heterocycles. The minimum Gasteiger partial charge on any atom is -0.496 e. The summed E-state index contributed by atoms with van der Waals surface area (Å²) in [6, 6.07) is 5.70. The van der Waals surface area contributed by atoms with Crippen molar-refractivity contribution in [1.29, 1.82) is 0 Å². The van der Waals surface area contributed by atoms with E-state index >= 15 is 0 Å². The Bertz CT molecular complexity index is 648. The topological polar surface area (TPSA) is 49.9 Å². The molecule has 5 nitrogen and oxygen atoms in total. The lowest BCUT2D eigenvalue weighted by atomic mass is 9.72. The number of nitrogens with zero attached hydrogens (tertiary/aromatic N) is 2. The molecule has 2 fully saturated rings. The standard InChI is InChI=1S/C19H26N2O3/c1-14-5-4-6-15(24-3)17(14)18(23)21-11-9-19(10-12-21)8-7-16(22)20(2)13-19/h4-6H,7-13H2,1-3H3. The van der Waals surface area contributed by atoms with Crippen LogP contribution in [-0.4, -0.2) is 55.4 Å². The van der Waals surface area contributed by atoms with Crippen molar-refractivity contribution in [3.8, 4) is 5.75 Å². The van der Waals surface area contributed by atoms with E-state index in [9.17, 15) is 9.59 Å². The molecule has 5 heteroatoms. The molecule has 1 aromatic rings. The first-order chi connectivity index (χ1) is 11.5. The van der Waals surface area contributed by atoms with E-state index in [2.05, 4.69) is 0 Å². The minimum atomic E-state index is 0.0556. The van der Waals surface area contributed by atoms with Gasteiger partial charge in [-0.2, -0.15) is 0 Å². The number of aryl methyl sites for hydroxylation is 1. The number of rotatable bonds is 2. The van der Waals surface area contributed by atoms with Crippen LogP contribution in [0.25, 0.3) is 0 Å². The smallest absolute Gasteiger partial charge is 0.257 e. The van der Waals surface area contributed by atoms with Crippen molar-refractivity contribution in [2.75, 3.05) is 33.8 Å². The molecule has 0 aromatic heterocycles. The number of hydrogen-bond acceptors (Lipinski definition) is 3. The van der Waals surface area contributed by atoms with Crippen LogP contribution in [0.1, 0.15) is 41.6 Å². The van der Waals surface area contributed by atoms with Crippen LogP contribution < -0.4 is 4.74 Å². The van der Waals surface area contributed by atoms with Gasteiger partial charge in [0.15, 0.2) is 0 Å². The second kappa shape index (κ2) is 6.46. The molecule has 0 saturated carbocycles. The maximum Gasteiger partial charge on any atom is 0.257 e. The van der Waals surface area contributed by atoms with Crippen LogP contribution >= 0.6 is 0 Å². The van der Waals surface area contributed by atoms with E-state index < -0.39 is 0 Å². The van der Waals surface area contributed by atoms with Crippen LogP contribution in [0.4, 0.5) is 0 Å². The summed E-state index contributed by atoms with van der Waals surface area (Å²) in [6.07, 6.45) is 3.51. The maximum absolute atomic E-state index is 13.0. The van der Waals surface area contributed by atoms with Gasteiger partial charge < -0.3 is 14.5 Å². The Morgan fingerprint density at radius 3 is 2.54 bits per heavy atom. The van der Waals surface area contributed by atoms with Gasteiger partial charge in [0, 0.05) is 33.1 Å². The van der Waals surface area contributed by atoms with Crippen molar-refractivity contribution < 1.29 is 14.3 Å². The maximum atomic E-state index is 13.0. The van der Waals surface area contributed by atoms with Crippen LogP contribution in [0.2, 0.25) is 0 Å². The van der Waals surface area contributed by atoms with Gasteiger partial charge in [-0.15, -0.1) is 0 Å². The number of benzene rings is 1. The zero-order valence-electron chi connectivity index (χ0n) is 14.8. The zero-order valence-corrected chi connectivity index (χ0v) is 14.8. The number of hydrogen-bond donors (Lipinski definition) is 0. The molecular formula is C19H26N2O3. The van der Waals surface area contributed by atoms with Crippen molar-refractivity contribution in [2.45, 2.75) is 32.6 Å². The number of ether oxygens (including phenoxy) is 1. The van der Waals surface area contributed by atoms with E-state index in [0.717, 1.165) is 44.5 Å². The summed E-state index contributed by atoms with van der Waals surface area (Å²) in [5, 5.41) is 0. The Hall–Kier alpha value is -2.04. The Labute approximate surface area is 143 Å². The third kappa shape index (κ3) is 2.99. The fourth-order valence-corrected chi connectivity index (χ4v) is 4.07. The van der Waals surface area contributed by atoms with Gasteiger partial charge in [0.2, 0.25) is 5.91 Å². The Morgan fingerprint density at radius 1 is 1.21 bits per heavy atom. The lowest BCUT2D eigenvalue weighted by Crippen LogP contribution is -2.51. The molecule has 24 heavy (non-hydrogen) atoms. The quantitative estimate of drug-likeness (QED) is 0.837. The lowest BCUT2D eigenvalue weighted by molar-refractivity contribution is -0.137. The Morgan fingerprint density at radius 2 is 1.92 bits per heavy atom. The molecule has 0 unspecified atom stereocenters. The molecule has 130 valence electrons. The minimum absolute atomic E-state index is 0.0556. The average Bonchev–Trinajstić information content (AvgIpc) is 2.58. The molecule has 2 aliphatic heterocycles. The van der Waals surface area contributed by atoms with Crippen molar-refractivity contribution in [2.24, 2.45) is 5.41 Å². The van der Waals surface area contributed by atoms with E-state index in [1.165, 1.54) is 0 Å². The fourth-order valence-electron chi connectivity index (χ4n) is 4.07. The monoisotopic (exact) mass is 330 g/mol. The highest BCUT2D eigenvalue weighted by molar-refractivity contribution is 5.98. The summed E-state index contributed by atoms with van der Waals surface area (Å²) >= 11 is 0. The van der Waals surface area contributed by atoms with E-state index in [-0.39, 0.29) is 17.2 Å². The highest BCUT2D eigenvalue weighted by Gasteiger charge is 2.41. The number of likely N-dealkylation sites (tertiary alicyclic amines) is 2. The Kier molecular flexibility index (Phi) is 4.52. The highest BCUT2D eigenvalue weighted by Crippen LogP contribution is 2.40. The van der Waals surface area contributed by atoms with Gasteiger partial charge in [0.1, 0.15) is 5.75 Å². The van der Waals surface area contributed by atoms with Crippen molar-refractivity contribution in [3.63, 3.8) is 0 Å². The van der Waals surface area contributed by atoms with Crippen LogP contribution in [-0.2, 0) is 4.79 Å². The van der Waals surface area contributed by atoms with Gasteiger partial charge in [0.25, 0.3) is 5.91 Å². The van der Waals surface area contributed by atoms with Gasteiger partial charge in [-0.3, -0.25) is 9.59 Å². The largest absolute Gasteiger partial charge is 0.496 e. The fraction of sp³-hybridized carbons (Fsp3) is 0.579. The van der Waals surface area contributed by atoms with Gasteiger partial charge >= 0.3 is 0 Å². The van der Waals surface area contributed by atoms with Gasteiger partial charge in [-0.05, 0) is 43.2 Å². The summed E-state index contributed by atoms with van der Waals surface area (Å²) in [4.78, 5) is 28.5. The number of carbonyl (C=O) groups excluding carboxylic acids is 2. The van der Waals surface area contributed by atoms with E-state index in [0.29, 0.717) is 17.7 Å². The summed E-state index contributed by atoms with van der Waals surface area (Å²) in [5.41, 5.74) is 1.81. The third-order valence-electron chi connectivity index (χ3n) is 5.65. The molecule has 0 aliphatic carbocycles. The van der Waals surface area contributed by atoms with Crippen molar-refractivity contribution in [1.82, 2.24) is 9.80 Å². The molecule has 0 radical (unpaired) electrons. The molecule has 2 saturated heterocycles. The summed E-state index contributed by atoms with van der Waals surface area (Å²) in [7, 11) is 3.49. The van der Waals surface area contributed by atoms with Crippen molar-refractivity contribution >= 4 is 11.8 Å². The first kappa shape index (κ1) is 16.8. The number of carbonyl (C=O) groups is 2. The SMILES string of the molecule is COc1cccc(C)c1C(=O)N1CCC2(CCC(=O)N(C)C2)CC1. The zero-order chi connectivity index (χ0) is 17.3. The third-order valence-corrected chi connectivity index (χ3v) is 5.65. The lowest BCUT2D eigenvalue weighted by Gasteiger charge is -2.46. The summed E-state index contributed by atoms with van der Waals surface area (Å²) < 4.78 is 5.38. The molecule has 0 N–H and O–H groups in total. The average molecular weight is 330 g/mol. The Balaban J connectivity index is 1.71. The first-order valence-corrected chi connectivity index (χ1v) is 8.63. The van der Waals surface area contributed by atoms with Crippen LogP contribution in [0.3, 0.4) is 0 Å². The normalized spacial score (nSPS) is 20.4. The summed E-state index contributed by atoms with van der Waals surface area (Å²) in [5.74, 6) is 0.937. The molecule has 0 bridgehead atoms. The van der Waals surface area contributed by atoms with E-state index in [1.807, 2.05) is 42.0 Å². The molecule has 3 rings (SSSR count). The molecular weight excluding hydrogens is 304 g/mol. The molecule has 1 aromatic carbocycles. The molecule has 0 atom stereocenters. The number of amides is 2. The molecule has 2 aliphatic rings. The number of methoxy groups -OCH3 is 1. The predicted octanol–water partition coefficient (Wildman–Crippen LogP) is 2.48. The van der Waals surface area contributed by atoms with Gasteiger partial charge in [0.05, 0.1) is 12.7 Å². The number of piperidine rings is 2. The highest BCUT2D eigenvalue weighted by atomic mass is 16.5. The van der Waals surface area contributed by atoms with Crippen LogP contribution in [0, 0.1) is 12.3 Å². The first-order valence-electron chi connectivity index (χ1n) is 8.63. The van der Waals surface area contributed by atoms with E-state index in [4.69, 9.17) is 4.74 Å². The summed E-state index contributed by atoms with van der Waals surface area (Å²) in [6.45, 7) is 4.27. The van der Waals surface area contributed by atoms with Crippen LogP contribution in [0.15, 0.2) is 18.2 Å². The molecule has 2 amide bonds. The predicted molar refractivity (Wildman–Crippen MR) is 92.2 cm³/mol. The van der Waals surface area contributed by atoms with Crippen LogP contribution in [0.5, 0.6) is 5.75 Å². The van der Waals surface area contributed by atoms with E-state index in [1.54, 1.807) is 7.11 Å². The van der Waals surface area contributed by atoms with Crippen molar-refractivity contribution in [3.05, 3.63) is 29.3 Å². The van der Waals surface area contributed by atoms with Gasteiger partial charge in [-0.25, -0.2) is 0 Å². The van der Waals surface area contributed by atoms with Gasteiger partial charge in [-0.1, -0.05) is 12.1 Å². The molecule has 1 spiro atoms.